The predicted molar refractivity (Wildman–Crippen MR) is 73.4 cm³/mol. The van der Waals surface area contributed by atoms with E-state index in [-0.39, 0.29) is 5.75 Å². The number of phenols is 1. The highest BCUT2D eigenvalue weighted by Crippen LogP contribution is 2.18. The van der Waals surface area contributed by atoms with Crippen LogP contribution in [0.5, 0.6) is 5.75 Å². The van der Waals surface area contributed by atoms with Crippen molar-refractivity contribution in [2.45, 2.75) is 44.7 Å². The van der Waals surface area contributed by atoms with E-state index < -0.39 is 5.82 Å². The first-order valence-corrected chi connectivity index (χ1v) is 6.69. The van der Waals surface area contributed by atoms with Gasteiger partial charge in [0.05, 0.1) is 6.54 Å². The van der Waals surface area contributed by atoms with Crippen LogP contribution >= 0.6 is 0 Å². The van der Waals surface area contributed by atoms with Crippen molar-refractivity contribution in [1.82, 2.24) is 5.32 Å². The Morgan fingerprint density at radius 2 is 2.11 bits per heavy atom. The molecule has 1 fully saturated rings. The van der Waals surface area contributed by atoms with Gasteiger partial charge in [-0.15, -0.1) is 0 Å². The molecule has 1 aromatic rings. The van der Waals surface area contributed by atoms with Gasteiger partial charge in [-0.05, 0) is 30.5 Å². The van der Waals surface area contributed by atoms with Crippen molar-refractivity contribution in [1.29, 1.82) is 0 Å². The van der Waals surface area contributed by atoms with Crippen LogP contribution in [0.15, 0.2) is 23.2 Å². The zero-order valence-corrected chi connectivity index (χ0v) is 10.9. The van der Waals surface area contributed by atoms with Gasteiger partial charge in [-0.25, -0.2) is 9.38 Å². The Kier molecular flexibility index (Phi) is 4.60. The number of aliphatic imine (C=N–C) groups is 1. The molecular weight excluding hydrogens is 245 g/mol. The highest BCUT2D eigenvalue weighted by molar-refractivity contribution is 5.78. The SMILES string of the molecule is NC(=NCc1ccc(O)c(F)c1)NC1CCCCC1. The third kappa shape index (κ3) is 4.12. The number of guanidine groups is 1. The number of nitrogens with zero attached hydrogens (tertiary/aromatic N) is 1. The standard InChI is InChI=1S/C14H20FN3O/c15-12-8-10(6-7-13(12)19)9-17-14(16)18-11-4-2-1-3-5-11/h6-8,11,19H,1-5,9H2,(H3,16,17,18). The molecule has 1 aromatic carbocycles. The molecule has 19 heavy (non-hydrogen) atoms. The first-order chi connectivity index (χ1) is 9.15. The summed E-state index contributed by atoms with van der Waals surface area (Å²) in [5, 5.41) is 12.3. The van der Waals surface area contributed by atoms with E-state index in [1.54, 1.807) is 6.07 Å². The number of rotatable bonds is 3. The third-order valence-electron chi connectivity index (χ3n) is 3.40. The molecule has 1 saturated carbocycles. The maximum Gasteiger partial charge on any atom is 0.189 e. The second-order valence-corrected chi connectivity index (χ2v) is 4.97. The molecular formula is C14H20FN3O. The molecule has 0 aliphatic heterocycles. The minimum atomic E-state index is -0.633. The zero-order valence-electron chi connectivity index (χ0n) is 10.9. The summed E-state index contributed by atoms with van der Waals surface area (Å²) in [6, 6.07) is 4.64. The lowest BCUT2D eigenvalue weighted by molar-refractivity contribution is 0.412. The van der Waals surface area contributed by atoms with Gasteiger partial charge in [0, 0.05) is 6.04 Å². The fourth-order valence-electron chi connectivity index (χ4n) is 2.33. The Labute approximate surface area is 112 Å². The van der Waals surface area contributed by atoms with E-state index in [0.717, 1.165) is 12.8 Å². The number of hydrogen-bond acceptors (Lipinski definition) is 2. The minimum absolute atomic E-state index is 0.308. The Morgan fingerprint density at radius 1 is 1.37 bits per heavy atom. The molecule has 5 heteroatoms. The average molecular weight is 265 g/mol. The first-order valence-electron chi connectivity index (χ1n) is 6.69. The molecule has 0 amide bonds. The summed E-state index contributed by atoms with van der Waals surface area (Å²) in [6.45, 7) is 0.308. The van der Waals surface area contributed by atoms with Crippen molar-refractivity contribution in [2.24, 2.45) is 10.7 Å². The number of aromatic hydroxyl groups is 1. The molecule has 0 bridgehead atoms. The quantitative estimate of drug-likeness (QED) is 0.580. The van der Waals surface area contributed by atoms with Crippen LogP contribution in [0.4, 0.5) is 4.39 Å². The van der Waals surface area contributed by atoms with E-state index in [1.165, 1.54) is 31.4 Å². The van der Waals surface area contributed by atoms with Crippen molar-refractivity contribution in [2.75, 3.05) is 0 Å². The Hall–Kier alpha value is -1.78. The van der Waals surface area contributed by atoms with Crippen molar-refractivity contribution in [3.63, 3.8) is 0 Å². The van der Waals surface area contributed by atoms with Gasteiger partial charge in [0.2, 0.25) is 0 Å². The number of hydrogen-bond donors (Lipinski definition) is 3. The molecule has 1 aliphatic rings. The van der Waals surface area contributed by atoms with Crippen LogP contribution in [0.2, 0.25) is 0 Å². The molecule has 0 atom stereocenters. The summed E-state index contributed by atoms with van der Waals surface area (Å²) in [5.74, 6) is -0.576. The topological polar surface area (TPSA) is 70.6 Å². The molecule has 0 spiro atoms. The molecule has 1 aliphatic carbocycles. The molecule has 4 N–H and O–H groups in total. The molecule has 0 aromatic heterocycles. The summed E-state index contributed by atoms with van der Waals surface area (Å²) in [7, 11) is 0. The zero-order chi connectivity index (χ0) is 13.7. The summed E-state index contributed by atoms with van der Waals surface area (Å²) in [4.78, 5) is 4.19. The van der Waals surface area contributed by atoms with Crippen molar-refractivity contribution >= 4 is 5.96 Å². The van der Waals surface area contributed by atoms with Gasteiger partial charge in [-0.1, -0.05) is 25.3 Å². The lowest BCUT2D eigenvalue weighted by atomic mass is 9.96. The maximum atomic E-state index is 13.1. The summed E-state index contributed by atoms with van der Waals surface area (Å²) < 4.78 is 13.1. The minimum Gasteiger partial charge on any atom is -0.505 e. The van der Waals surface area contributed by atoms with Crippen LogP contribution in [0.25, 0.3) is 0 Å². The third-order valence-corrected chi connectivity index (χ3v) is 3.40. The number of nitrogens with two attached hydrogens (primary N) is 1. The van der Waals surface area contributed by atoms with Gasteiger partial charge in [-0.3, -0.25) is 0 Å². The molecule has 0 saturated heterocycles. The fraction of sp³-hybridized carbons (Fsp3) is 0.500. The maximum absolute atomic E-state index is 13.1. The number of nitrogens with one attached hydrogen (secondary N) is 1. The number of halogens is 1. The van der Waals surface area contributed by atoms with Gasteiger partial charge in [0.1, 0.15) is 0 Å². The summed E-state index contributed by atoms with van der Waals surface area (Å²) in [5.41, 5.74) is 6.50. The van der Waals surface area contributed by atoms with E-state index in [2.05, 4.69) is 10.3 Å². The molecule has 0 heterocycles. The highest BCUT2D eigenvalue weighted by Gasteiger charge is 2.13. The number of phenolic OH excluding ortho intramolecular Hbond substituents is 1. The second-order valence-electron chi connectivity index (χ2n) is 4.97. The summed E-state index contributed by atoms with van der Waals surface area (Å²) in [6.07, 6.45) is 6.01. The van der Waals surface area contributed by atoms with Crippen LogP contribution in [0.1, 0.15) is 37.7 Å². The normalized spacial score (nSPS) is 17.4. The largest absolute Gasteiger partial charge is 0.505 e. The van der Waals surface area contributed by atoms with Crippen molar-refractivity contribution in [3.8, 4) is 5.75 Å². The van der Waals surface area contributed by atoms with Crippen LogP contribution in [-0.4, -0.2) is 17.1 Å². The fourth-order valence-corrected chi connectivity index (χ4v) is 2.33. The van der Waals surface area contributed by atoms with E-state index in [9.17, 15) is 4.39 Å². The van der Waals surface area contributed by atoms with Crippen molar-refractivity contribution < 1.29 is 9.50 Å². The molecule has 0 unspecified atom stereocenters. The molecule has 2 rings (SSSR count). The predicted octanol–water partition coefficient (Wildman–Crippen LogP) is 2.27. The highest BCUT2D eigenvalue weighted by atomic mass is 19.1. The smallest absolute Gasteiger partial charge is 0.189 e. The van der Waals surface area contributed by atoms with E-state index in [0.29, 0.717) is 24.1 Å². The van der Waals surface area contributed by atoms with Gasteiger partial charge in [0.25, 0.3) is 0 Å². The van der Waals surface area contributed by atoms with E-state index in [4.69, 9.17) is 10.8 Å². The van der Waals surface area contributed by atoms with E-state index >= 15 is 0 Å². The van der Waals surface area contributed by atoms with Crippen molar-refractivity contribution in [3.05, 3.63) is 29.6 Å². The van der Waals surface area contributed by atoms with Gasteiger partial charge in [-0.2, -0.15) is 0 Å². The average Bonchev–Trinajstić information content (AvgIpc) is 2.41. The monoisotopic (exact) mass is 265 g/mol. The Balaban J connectivity index is 1.87. The molecule has 4 nitrogen and oxygen atoms in total. The van der Waals surface area contributed by atoms with E-state index in [1.807, 2.05) is 0 Å². The second kappa shape index (κ2) is 6.41. The van der Waals surface area contributed by atoms with Crippen LogP contribution in [-0.2, 0) is 6.54 Å². The summed E-state index contributed by atoms with van der Waals surface area (Å²) >= 11 is 0. The van der Waals surface area contributed by atoms with Gasteiger partial charge < -0.3 is 16.2 Å². The van der Waals surface area contributed by atoms with Gasteiger partial charge >= 0.3 is 0 Å². The lowest BCUT2D eigenvalue weighted by Gasteiger charge is -2.23. The molecule has 0 radical (unpaired) electrons. The van der Waals surface area contributed by atoms with Crippen LogP contribution in [0.3, 0.4) is 0 Å². The molecule has 104 valence electrons. The Bertz CT molecular complexity index is 456. The Morgan fingerprint density at radius 3 is 2.79 bits per heavy atom. The van der Waals surface area contributed by atoms with Crippen LogP contribution < -0.4 is 11.1 Å². The first kappa shape index (κ1) is 13.6. The number of benzene rings is 1. The van der Waals surface area contributed by atoms with Crippen LogP contribution in [0, 0.1) is 5.82 Å². The lowest BCUT2D eigenvalue weighted by Crippen LogP contribution is -2.41. The van der Waals surface area contributed by atoms with Gasteiger partial charge in [0.15, 0.2) is 17.5 Å².